The van der Waals surface area contributed by atoms with E-state index in [2.05, 4.69) is 34.2 Å². The Kier molecular flexibility index (Phi) is 3.81. The minimum atomic E-state index is 0.258. The quantitative estimate of drug-likeness (QED) is 0.924. The number of hydrogen-bond donors (Lipinski definition) is 1. The maximum Gasteiger partial charge on any atom is 0.159 e. The number of nitrogens with zero attached hydrogens (tertiary/aromatic N) is 4. The van der Waals surface area contributed by atoms with Gasteiger partial charge in [-0.2, -0.15) is 5.10 Å². The van der Waals surface area contributed by atoms with Crippen LogP contribution in [-0.4, -0.2) is 26.3 Å². The number of hydrogen-bond acceptors (Lipinski definition) is 4. The lowest BCUT2D eigenvalue weighted by molar-refractivity contribution is 0.746. The van der Waals surface area contributed by atoms with Crippen molar-refractivity contribution in [2.24, 2.45) is 0 Å². The van der Waals surface area contributed by atoms with Crippen molar-refractivity contribution in [3.05, 3.63) is 29.3 Å². The van der Waals surface area contributed by atoms with Crippen molar-refractivity contribution >= 4 is 17.4 Å². The molecular weight excluding hydrogens is 250 g/mol. The van der Waals surface area contributed by atoms with E-state index in [-0.39, 0.29) is 5.92 Å². The molecule has 1 N–H and O–H groups in total. The summed E-state index contributed by atoms with van der Waals surface area (Å²) in [4.78, 5) is 8.95. The van der Waals surface area contributed by atoms with E-state index >= 15 is 0 Å². The number of rotatable bonds is 4. The van der Waals surface area contributed by atoms with E-state index in [0.717, 1.165) is 24.0 Å². The van der Waals surface area contributed by atoms with Gasteiger partial charge in [-0.3, -0.25) is 0 Å². The summed E-state index contributed by atoms with van der Waals surface area (Å²) in [6.45, 7) is 6.96. The Bertz CT molecular complexity index is 535. The summed E-state index contributed by atoms with van der Waals surface area (Å²) in [5, 5.41) is 7.94. The molecule has 2 heterocycles. The van der Waals surface area contributed by atoms with Crippen LogP contribution in [0.3, 0.4) is 0 Å². The largest absolute Gasteiger partial charge is 0.370 e. The third-order valence-corrected chi connectivity index (χ3v) is 2.59. The molecule has 18 heavy (non-hydrogen) atoms. The van der Waals surface area contributed by atoms with Gasteiger partial charge in [-0.15, -0.1) is 0 Å². The van der Waals surface area contributed by atoms with Crippen LogP contribution < -0.4 is 5.32 Å². The summed E-state index contributed by atoms with van der Waals surface area (Å²) in [5.74, 6) is 2.57. The zero-order valence-corrected chi connectivity index (χ0v) is 11.4. The molecule has 2 aromatic heterocycles. The van der Waals surface area contributed by atoms with Gasteiger partial charge < -0.3 is 5.32 Å². The predicted molar refractivity (Wildman–Crippen MR) is 72.4 cm³/mol. The highest BCUT2D eigenvalue weighted by atomic mass is 35.5. The molecule has 96 valence electrons. The Morgan fingerprint density at radius 2 is 2.17 bits per heavy atom. The van der Waals surface area contributed by atoms with Crippen LogP contribution in [0.25, 0.3) is 5.82 Å². The summed E-state index contributed by atoms with van der Waals surface area (Å²) in [6, 6.07) is 1.86. The minimum Gasteiger partial charge on any atom is -0.370 e. The van der Waals surface area contributed by atoms with Crippen LogP contribution in [0.15, 0.2) is 18.5 Å². The van der Waals surface area contributed by atoms with Gasteiger partial charge in [0.2, 0.25) is 0 Å². The molecule has 0 bridgehead atoms. The van der Waals surface area contributed by atoms with Crippen molar-refractivity contribution in [2.75, 3.05) is 11.9 Å². The Morgan fingerprint density at radius 1 is 1.39 bits per heavy atom. The van der Waals surface area contributed by atoms with E-state index in [1.54, 1.807) is 17.1 Å². The molecule has 2 rings (SSSR count). The number of halogens is 1. The molecule has 0 saturated carbocycles. The first-order chi connectivity index (χ1) is 8.60. The predicted octanol–water partition coefficient (Wildman–Crippen LogP) is 2.87. The molecule has 0 aliphatic heterocycles. The lowest BCUT2D eigenvalue weighted by Gasteiger charge is -2.10. The molecule has 0 saturated heterocycles. The van der Waals surface area contributed by atoms with Crippen LogP contribution in [-0.2, 0) is 0 Å². The minimum absolute atomic E-state index is 0.258. The molecule has 0 aliphatic carbocycles. The number of anilines is 1. The highest BCUT2D eigenvalue weighted by molar-refractivity contribution is 6.30. The van der Waals surface area contributed by atoms with Crippen molar-refractivity contribution < 1.29 is 0 Å². The average molecular weight is 266 g/mol. The Hall–Kier alpha value is -1.62. The average Bonchev–Trinajstić information content (AvgIpc) is 2.76. The molecule has 0 aliphatic rings. The van der Waals surface area contributed by atoms with E-state index < -0.39 is 0 Å². The lowest BCUT2D eigenvalue weighted by Crippen LogP contribution is -2.09. The zero-order valence-electron chi connectivity index (χ0n) is 10.7. The topological polar surface area (TPSA) is 55.6 Å². The summed E-state index contributed by atoms with van der Waals surface area (Å²) in [6.07, 6.45) is 3.31. The van der Waals surface area contributed by atoms with E-state index in [9.17, 15) is 0 Å². The maximum atomic E-state index is 5.87. The van der Waals surface area contributed by atoms with Crippen molar-refractivity contribution in [2.45, 2.75) is 26.7 Å². The molecule has 0 spiro atoms. The molecule has 5 nitrogen and oxygen atoms in total. The summed E-state index contributed by atoms with van der Waals surface area (Å²) >= 11 is 5.87. The number of aromatic nitrogens is 4. The van der Waals surface area contributed by atoms with Gasteiger partial charge in [0, 0.05) is 18.5 Å². The summed E-state index contributed by atoms with van der Waals surface area (Å²) in [5.41, 5.74) is 0. The van der Waals surface area contributed by atoms with Gasteiger partial charge in [0.05, 0.1) is 17.4 Å². The first-order valence-electron chi connectivity index (χ1n) is 5.93. The van der Waals surface area contributed by atoms with E-state index in [1.807, 2.05) is 13.0 Å². The molecule has 6 heteroatoms. The van der Waals surface area contributed by atoms with Gasteiger partial charge in [-0.1, -0.05) is 25.4 Å². The highest BCUT2D eigenvalue weighted by Gasteiger charge is 2.09. The summed E-state index contributed by atoms with van der Waals surface area (Å²) in [7, 11) is 0. The maximum absolute atomic E-state index is 5.87. The second-order valence-corrected chi connectivity index (χ2v) is 4.69. The fraction of sp³-hybridized carbons (Fsp3) is 0.417. The highest BCUT2D eigenvalue weighted by Crippen LogP contribution is 2.17. The molecule has 2 aromatic rings. The van der Waals surface area contributed by atoms with Gasteiger partial charge in [0.15, 0.2) is 5.82 Å². The second kappa shape index (κ2) is 5.35. The molecule has 0 amide bonds. The van der Waals surface area contributed by atoms with E-state index in [4.69, 9.17) is 11.6 Å². The monoisotopic (exact) mass is 265 g/mol. The van der Waals surface area contributed by atoms with Crippen molar-refractivity contribution in [3.8, 4) is 5.82 Å². The van der Waals surface area contributed by atoms with Crippen molar-refractivity contribution in [3.63, 3.8) is 0 Å². The van der Waals surface area contributed by atoms with Crippen LogP contribution in [0.4, 0.5) is 5.82 Å². The van der Waals surface area contributed by atoms with Gasteiger partial charge in [-0.25, -0.2) is 14.6 Å². The van der Waals surface area contributed by atoms with Crippen LogP contribution in [0, 0.1) is 0 Å². The van der Waals surface area contributed by atoms with Crippen LogP contribution in [0.2, 0.25) is 5.02 Å². The zero-order chi connectivity index (χ0) is 13.1. The van der Waals surface area contributed by atoms with Crippen molar-refractivity contribution in [1.82, 2.24) is 19.7 Å². The smallest absolute Gasteiger partial charge is 0.159 e. The molecule has 0 atom stereocenters. The van der Waals surface area contributed by atoms with Crippen LogP contribution >= 0.6 is 11.6 Å². The van der Waals surface area contributed by atoms with Crippen LogP contribution in [0.1, 0.15) is 32.5 Å². The first kappa shape index (κ1) is 12.8. The van der Waals surface area contributed by atoms with Gasteiger partial charge in [0.1, 0.15) is 11.6 Å². The fourth-order valence-corrected chi connectivity index (χ4v) is 1.66. The van der Waals surface area contributed by atoms with Crippen LogP contribution in [0.5, 0.6) is 0 Å². The van der Waals surface area contributed by atoms with E-state index in [1.165, 1.54) is 0 Å². The summed E-state index contributed by atoms with van der Waals surface area (Å²) < 4.78 is 1.65. The SMILES string of the molecule is CCNc1cc(-n2cc(Cl)cn2)nc(C(C)C)n1. The first-order valence-corrected chi connectivity index (χ1v) is 6.31. The van der Waals surface area contributed by atoms with E-state index in [0.29, 0.717) is 5.02 Å². The Morgan fingerprint density at radius 3 is 2.72 bits per heavy atom. The number of nitrogens with one attached hydrogen (secondary N) is 1. The Balaban J connectivity index is 2.45. The third-order valence-electron chi connectivity index (χ3n) is 2.39. The van der Waals surface area contributed by atoms with Gasteiger partial charge in [0.25, 0.3) is 0 Å². The molecular formula is C12H16ClN5. The standard InChI is InChI=1S/C12H16ClN5/c1-4-14-10-5-11(17-12(16-10)8(2)3)18-7-9(13)6-15-18/h5-8H,4H2,1-3H3,(H,14,16,17). The molecule has 0 fully saturated rings. The molecule has 0 aromatic carbocycles. The lowest BCUT2D eigenvalue weighted by atomic mass is 10.2. The van der Waals surface area contributed by atoms with Gasteiger partial charge >= 0.3 is 0 Å². The second-order valence-electron chi connectivity index (χ2n) is 4.26. The molecule has 0 radical (unpaired) electrons. The van der Waals surface area contributed by atoms with Crippen molar-refractivity contribution in [1.29, 1.82) is 0 Å². The Labute approximate surface area is 111 Å². The normalized spacial score (nSPS) is 10.9. The third kappa shape index (κ3) is 2.79. The van der Waals surface area contributed by atoms with Gasteiger partial charge in [-0.05, 0) is 6.92 Å². The molecule has 0 unspecified atom stereocenters. The fourth-order valence-electron chi connectivity index (χ4n) is 1.53.